The highest BCUT2D eigenvalue weighted by molar-refractivity contribution is 5.98. The van der Waals surface area contributed by atoms with Gasteiger partial charge >= 0.3 is 0 Å². The Balaban J connectivity index is 1.62. The maximum Gasteiger partial charge on any atom is 0.277 e. The third kappa shape index (κ3) is 2.41. The van der Waals surface area contributed by atoms with Crippen LogP contribution in [0, 0.1) is 5.41 Å². The van der Waals surface area contributed by atoms with Crippen molar-refractivity contribution >= 4 is 5.91 Å². The molecule has 6 nitrogen and oxygen atoms in total. The summed E-state index contributed by atoms with van der Waals surface area (Å²) in [5, 5.41) is 10.9. The highest BCUT2D eigenvalue weighted by atomic mass is 16.5. The summed E-state index contributed by atoms with van der Waals surface area (Å²) in [6.45, 7) is 5.91. The van der Waals surface area contributed by atoms with E-state index in [0.717, 1.165) is 31.6 Å². The quantitative estimate of drug-likeness (QED) is 0.941. The molecular formula is C18H22N4O2. The number of rotatable bonds is 3. The molecule has 0 bridgehead atoms. The fourth-order valence-corrected chi connectivity index (χ4v) is 4.01. The summed E-state index contributed by atoms with van der Waals surface area (Å²) in [4.78, 5) is 15.0. The Hall–Kier alpha value is -2.21. The number of likely N-dealkylation sites (tertiary alicyclic amines) is 1. The average molecular weight is 326 g/mol. The smallest absolute Gasteiger partial charge is 0.277 e. The van der Waals surface area contributed by atoms with Crippen molar-refractivity contribution in [3.63, 3.8) is 0 Å². The zero-order chi connectivity index (χ0) is 16.7. The van der Waals surface area contributed by atoms with Crippen LogP contribution in [0.25, 0.3) is 11.3 Å². The van der Waals surface area contributed by atoms with Gasteiger partial charge in [-0.25, -0.2) is 0 Å². The van der Waals surface area contributed by atoms with Gasteiger partial charge in [-0.1, -0.05) is 44.2 Å². The molecule has 2 saturated heterocycles. The molecule has 1 aromatic carbocycles. The third-order valence-electron chi connectivity index (χ3n) is 5.09. The number of H-pyrrole nitrogens is 1. The summed E-state index contributed by atoms with van der Waals surface area (Å²) < 4.78 is 5.87. The van der Waals surface area contributed by atoms with Gasteiger partial charge in [0.25, 0.3) is 5.91 Å². The summed E-state index contributed by atoms with van der Waals surface area (Å²) in [6, 6.07) is 9.78. The molecule has 0 saturated carbocycles. The first-order valence-electron chi connectivity index (χ1n) is 8.47. The molecule has 2 aliphatic rings. The standard InChI is InChI=1S/C18H22N4O2/c1-18(2)11-22(16(18)13-9-6-10-24-13)17(23)15-14(19-21-20-15)12-7-4-3-5-8-12/h3-5,7-8,13,16H,6,9-11H2,1-2H3,(H,19,20,21). The van der Waals surface area contributed by atoms with Crippen molar-refractivity contribution < 1.29 is 9.53 Å². The van der Waals surface area contributed by atoms with Crippen LogP contribution < -0.4 is 0 Å². The van der Waals surface area contributed by atoms with Crippen LogP contribution in [-0.4, -0.2) is 51.5 Å². The van der Waals surface area contributed by atoms with E-state index in [1.165, 1.54) is 0 Å². The van der Waals surface area contributed by atoms with Gasteiger partial charge in [-0.15, -0.1) is 0 Å². The molecular weight excluding hydrogens is 304 g/mol. The lowest BCUT2D eigenvalue weighted by atomic mass is 9.71. The molecule has 4 rings (SSSR count). The molecule has 1 amide bonds. The van der Waals surface area contributed by atoms with Crippen LogP contribution in [0.4, 0.5) is 0 Å². The minimum atomic E-state index is -0.0672. The summed E-state index contributed by atoms with van der Waals surface area (Å²) >= 11 is 0. The maximum atomic E-state index is 13.1. The Kier molecular flexibility index (Phi) is 3.64. The summed E-state index contributed by atoms with van der Waals surface area (Å²) in [5.41, 5.74) is 1.96. The van der Waals surface area contributed by atoms with Crippen LogP contribution >= 0.6 is 0 Å². The second kappa shape index (κ2) is 5.70. The number of aromatic amines is 1. The first kappa shape index (κ1) is 15.3. The molecule has 2 fully saturated rings. The largest absolute Gasteiger partial charge is 0.376 e. The van der Waals surface area contributed by atoms with E-state index in [4.69, 9.17) is 4.74 Å². The Morgan fingerprint density at radius 3 is 2.75 bits per heavy atom. The minimum Gasteiger partial charge on any atom is -0.376 e. The number of hydrogen-bond donors (Lipinski definition) is 1. The number of aromatic nitrogens is 3. The van der Waals surface area contributed by atoms with Gasteiger partial charge in [-0.2, -0.15) is 15.4 Å². The monoisotopic (exact) mass is 326 g/mol. The predicted molar refractivity (Wildman–Crippen MR) is 89.4 cm³/mol. The van der Waals surface area contributed by atoms with Crippen LogP contribution in [-0.2, 0) is 4.74 Å². The van der Waals surface area contributed by atoms with E-state index < -0.39 is 0 Å². The van der Waals surface area contributed by atoms with E-state index in [9.17, 15) is 4.79 Å². The molecule has 1 aromatic heterocycles. The number of carbonyl (C=O) groups excluding carboxylic acids is 1. The average Bonchev–Trinajstić information content (AvgIpc) is 3.24. The SMILES string of the molecule is CC1(C)CN(C(=O)c2n[nH]nc2-c2ccccc2)C1C1CCCO1. The molecule has 2 unspecified atom stereocenters. The van der Waals surface area contributed by atoms with E-state index >= 15 is 0 Å². The fraction of sp³-hybridized carbons (Fsp3) is 0.500. The van der Waals surface area contributed by atoms with E-state index in [2.05, 4.69) is 29.3 Å². The molecule has 2 aromatic rings. The summed E-state index contributed by atoms with van der Waals surface area (Å²) in [5.74, 6) is -0.0672. The molecule has 24 heavy (non-hydrogen) atoms. The lowest BCUT2D eigenvalue weighted by Crippen LogP contribution is -2.68. The molecule has 2 atom stereocenters. The first-order valence-corrected chi connectivity index (χ1v) is 8.47. The van der Waals surface area contributed by atoms with Crippen molar-refractivity contribution in [1.82, 2.24) is 20.3 Å². The number of hydrogen-bond acceptors (Lipinski definition) is 4. The van der Waals surface area contributed by atoms with E-state index in [0.29, 0.717) is 11.4 Å². The normalized spacial score (nSPS) is 25.5. The van der Waals surface area contributed by atoms with Gasteiger partial charge < -0.3 is 9.64 Å². The Morgan fingerprint density at radius 1 is 1.29 bits per heavy atom. The van der Waals surface area contributed by atoms with E-state index in [1.807, 2.05) is 35.2 Å². The summed E-state index contributed by atoms with van der Waals surface area (Å²) in [6.07, 6.45) is 2.21. The molecule has 1 N–H and O–H groups in total. The first-order chi connectivity index (χ1) is 11.6. The van der Waals surface area contributed by atoms with Crippen LogP contribution in [0.5, 0.6) is 0 Å². The van der Waals surface area contributed by atoms with Gasteiger partial charge in [-0.05, 0) is 12.8 Å². The molecule has 0 radical (unpaired) electrons. The third-order valence-corrected chi connectivity index (χ3v) is 5.09. The van der Waals surface area contributed by atoms with Gasteiger partial charge in [0, 0.05) is 24.1 Å². The van der Waals surface area contributed by atoms with Crippen molar-refractivity contribution in [3.8, 4) is 11.3 Å². The number of ether oxygens (including phenoxy) is 1. The maximum absolute atomic E-state index is 13.1. The Morgan fingerprint density at radius 2 is 2.08 bits per heavy atom. The second-order valence-electron chi connectivity index (χ2n) is 7.30. The minimum absolute atomic E-state index is 0.0672. The lowest BCUT2D eigenvalue weighted by Gasteiger charge is -2.56. The summed E-state index contributed by atoms with van der Waals surface area (Å²) in [7, 11) is 0. The zero-order valence-corrected chi connectivity index (χ0v) is 14.0. The van der Waals surface area contributed by atoms with Gasteiger partial charge in [0.05, 0.1) is 12.1 Å². The molecule has 6 heteroatoms. The topological polar surface area (TPSA) is 71.1 Å². The number of carbonyl (C=O) groups is 1. The van der Waals surface area contributed by atoms with Gasteiger partial charge in [0.15, 0.2) is 5.69 Å². The van der Waals surface area contributed by atoms with E-state index in [-0.39, 0.29) is 23.5 Å². The number of nitrogens with zero attached hydrogens (tertiary/aromatic N) is 3. The zero-order valence-electron chi connectivity index (χ0n) is 14.0. The second-order valence-corrected chi connectivity index (χ2v) is 7.30. The van der Waals surface area contributed by atoms with Crippen LogP contribution in [0.3, 0.4) is 0 Å². The highest BCUT2D eigenvalue weighted by Crippen LogP contribution is 2.43. The van der Waals surface area contributed by atoms with Gasteiger partial charge in [-0.3, -0.25) is 4.79 Å². The van der Waals surface area contributed by atoms with Gasteiger partial charge in [0.2, 0.25) is 0 Å². The van der Waals surface area contributed by atoms with Crippen molar-refractivity contribution in [2.24, 2.45) is 5.41 Å². The molecule has 126 valence electrons. The van der Waals surface area contributed by atoms with Crippen molar-refractivity contribution in [2.45, 2.75) is 38.8 Å². The predicted octanol–water partition coefficient (Wildman–Crippen LogP) is 2.50. The molecule has 3 heterocycles. The number of benzene rings is 1. The molecule has 0 aliphatic carbocycles. The Labute approximate surface area is 141 Å². The highest BCUT2D eigenvalue weighted by Gasteiger charge is 2.53. The number of nitrogens with one attached hydrogen (secondary N) is 1. The fourth-order valence-electron chi connectivity index (χ4n) is 4.01. The molecule has 2 aliphatic heterocycles. The van der Waals surface area contributed by atoms with Crippen LogP contribution in [0.2, 0.25) is 0 Å². The van der Waals surface area contributed by atoms with Crippen molar-refractivity contribution in [2.75, 3.05) is 13.2 Å². The molecule has 0 spiro atoms. The van der Waals surface area contributed by atoms with Crippen LogP contribution in [0.15, 0.2) is 30.3 Å². The van der Waals surface area contributed by atoms with Crippen LogP contribution in [0.1, 0.15) is 37.2 Å². The van der Waals surface area contributed by atoms with Crippen molar-refractivity contribution in [3.05, 3.63) is 36.0 Å². The lowest BCUT2D eigenvalue weighted by molar-refractivity contribution is -0.0962. The Bertz CT molecular complexity index is 734. The number of amides is 1. The van der Waals surface area contributed by atoms with Gasteiger partial charge in [0.1, 0.15) is 5.69 Å². The van der Waals surface area contributed by atoms with Crippen molar-refractivity contribution in [1.29, 1.82) is 0 Å². The van der Waals surface area contributed by atoms with E-state index in [1.54, 1.807) is 0 Å².